The van der Waals surface area contributed by atoms with Crippen LogP contribution < -0.4 is 15.4 Å². The van der Waals surface area contributed by atoms with Crippen molar-refractivity contribution in [2.45, 2.75) is 5.92 Å². The van der Waals surface area contributed by atoms with E-state index in [0.29, 0.717) is 22.6 Å². The molecule has 1 aliphatic heterocycles. The Labute approximate surface area is 172 Å². The van der Waals surface area contributed by atoms with Crippen molar-refractivity contribution in [2.75, 3.05) is 25.5 Å². The molecule has 5 rings (SSSR count). The van der Waals surface area contributed by atoms with Crippen molar-refractivity contribution in [2.24, 2.45) is 0 Å². The molecule has 4 aromatic rings. The molecule has 1 saturated heterocycles. The maximum absolute atomic E-state index is 6.41. The molecule has 0 radical (unpaired) electrons. The predicted octanol–water partition coefficient (Wildman–Crippen LogP) is 3.88. The molecule has 2 N–H and O–H groups in total. The number of hydrogen-bond donors (Lipinski definition) is 2. The summed E-state index contributed by atoms with van der Waals surface area (Å²) in [4.78, 5) is 8.98. The first kappa shape index (κ1) is 17.9. The quantitative estimate of drug-likeness (QED) is 0.523. The van der Waals surface area contributed by atoms with E-state index in [1.54, 1.807) is 24.0 Å². The Morgan fingerprint density at radius 1 is 1.21 bits per heavy atom. The van der Waals surface area contributed by atoms with E-state index in [9.17, 15) is 0 Å². The Morgan fingerprint density at radius 3 is 2.90 bits per heavy atom. The Morgan fingerprint density at radius 2 is 2.10 bits per heavy atom. The number of ether oxygens (including phenoxy) is 1. The summed E-state index contributed by atoms with van der Waals surface area (Å²) >= 11 is 6.41. The van der Waals surface area contributed by atoms with E-state index in [4.69, 9.17) is 16.3 Å². The lowest BCUT2D eigenvalue weighted by molar-refractivity contribution is 0.411. The maximum Gasteiger partial charge on any atom is 0.227 e. The lowest BCUT2D eigenvalue weighted by atomic mass is 9.93. The van der Waals surface area contributed by atoms with Gasteiger partial charge in [0.1, 0.15) is 5.75 Å². The first-order valence-corrected chi connectivity index (χ1v) is 9.71. The summed E-state index contributed by atoms with van der Waals surface area (Å²) < 4.78 is 7.37. The van der Waals surface area contributed by atoms with Crippen molar-refractivity contribution < 1.29 is 4.74 Å². The highest BCUT2D eigenvalue weighted by molar-refractivity contribution is 6.33. The van der Waals surface area contributed by atoms with Crippen LogP contribution in [0.2, 0.25) is 5.02 Å². The van der Waals surface area contributed by atoms with Gasteiger partial charge in [0.2, 0.25) is 5.95 Å². The summed E-state index contributed by atoms with van der Waals surface area (Å²) in [5.74, 6) is 1.73. The molecule has 0 amide bonds. The fourth-order valence-electron chi connectivity index (χ4n) is 3.44. The highest BCUT2D eigenvalue weighted by Crippen LogP contribution is 2.33. The molecular formula is C21H19ClN6O. The Kier molecular flexibility index (Phi) is 4.54. The van der Waals surface area contributed by atoms with Crippen molar-refractivity contribution in [1.29, 1.82) is 0 Å². The first-order valence-electron chi connectivity index (χ1n) is 9.34. The zero-order chi connectivity index (χ0) is 19.8. The van der Waals surface area contributed by atoms with Crippen LogP contribution >= 0.6 is 11.6 Å². The fourth-order valence-corrected chi connectivity index (χ4v) is 3.64. The summed E-state index contributed by atoms with van der Waals surface area (Å²) in [6.07, 6.45) is 5.24. The van der Waals surface area contributed by atoms with Gasteiger partial charge in [-0.2, -0.15) is 5.10 Å². The Hall–Kier alpha value is -3.16. The molecule has 29 heavy (non-hydrogen) atoms. The van der Waals surface area contributed by atoms with Gasteiger partial charge in [0.15, 0.2) is 0 Å². The van der Waals surface area contributed by atoms with Crippen LogP contribution in [-0.2, 0) is 0 Å². The van der Waals surface area contributed by atoms with E-state index in [1.807, 2.05) is 30.5 Å². The molecule has 0 atom stereocenters. The van der Waals surface area contributed by atoms with Crippen LogP contribution in [0.25, 0.3) is 16.8 Å². The molecule has 0 unspecified atom stereocenters. The zero-order valence-electron chi connectivity index (χ0n) is 15.8. The van der Waals surface area contributed by atoms with Crippen molar-refractivity contribution in [3.05, 3.63) is 65.6 Å². The van der Waals surface area contributed by atoms with Crippen LogP contribution in [0.4, 0.5) is 11.6 Å². The molecule has 4 heterocycles. The van der Waals surface area contributed by atoms with Gasteiger partial charge >= 0.3 is 0 Å². The highest BCUT2D eigenvalue weighted by atomic mass is 35.5. The molecule has 0 saturated carbocycles. The van der Waals surface area contributed by atoms with Crippen LogP contribution in [0, 0.1) is 0 Å². The number of rotatable bonds is 5. The number of fused-ring (bicyclic) bond motifs is 1. The van der Waals surface area contributed by atoms with E-state index >= 15 is 0 Å². The fraction of sp³-hybridized carbons (Fsp3) is 0.190. The van der Waals surface area contributed by atoms with Gasteiger partial charge in [0, 0.05) is 30.8 Å². The second kappa shape index (κ2) is 7.35. The maximum atomic E-state index is 6.41. The second-order valence-corrected chi connectivity index (χ2v) is 7.33. The van der Waals surface area contributed by atoms with Crippen LogP contribution in [0.15, 0.2) is 55.0 Å². The summed E-state index contributed by atoms with van der Waals surface area (Å²) in [7, 11) is 1.66. The van der Waals surface area contributed by atoms with Gasteiger partial charge in [-0.05, 0) is 29.8 Å². The summed E-state index contributed by atoms with van der Waals surface area (Å²) in [5, 5.41) is 11.4. The molecule has 0 aliphatic carbocycles. The molecule has 8 heteroatoms. The minimum Gasteiger partial charge on any atom is -0.495 e. The largest absolute Gasteiger partial charge is 0.495 e. The smallest absolute Gasteiger partial charge is 0.227 e. The van der Waals surface area contributed by atoms with Gasteiger partial charge < -0.3 is 15.4 Å². The van der Waals surface area contributed by atoms with E-state index in [-0.39, 0.29) is 0 Å². The van der Waals surface area contributed by atoms with Crippen molar-refractivity contribution in [3.8, 4) is 17.0 Å². The van der Waals surface area contributed by atoms with Gasteiger partial charge in [-0.15, -0.1) is 0 Å². The van der Waals surface area contributed by atoms with Crippen molar-refractivity contribution in [3.63, 3.8) is 0 Å². The zero-order valence-corrected chi connectivity index (χ0v) is 16.5. The summed E-state index contributed by atoms with van der Waals surface area (Å²) in [5.41, 5.74) is 4.46. The van der Waals surface area contributed by atoms with Crippen LogP contribution in [0.3, 0.4) is 0 Å². The van der Waals surface area contributed by atoms with Crippen molar-refractivity contribution >= 4 is 28.8 Å². The molecule has 146 valence electrons. The lowest BCUT2D eigenvalue weighted by Gasteiger charge is -2.28. The van der Waals surface area contributed by atoms with Crippen molar-refractivity contribution in [1.82, 2.24) is 24.9 Å². The van der Waals surface area contributed by atoms with Gasteiger partial charge in [0.05, 0.1) is 41.4 Å². The van der Waals surface area contributed by atoms with Crippen LogP contribution in [0.5, 0.6) is 5.75 Å². The van der Waals surface area contributed by atoms with Gasteiger partial charge in [-0.25, -0.2) is 14.5 Å². The van der Waals surface area contributed by atoms with Crippen LogP contribution in [-0.4, -0.2) is 39.8 Å². The number of pyridine rings is 1. The van der Waals surface area contributed by atoms with Crippen LogP contribution in [0.1, 0.15) is 11.5 Å². The normalized spacial score (nSPS) is 14.0. The number of anilines is 2. The van der Waals surface area contributed by atoms with E-state index < -0.39 is 0 Å². The van der Waals surface area contributed by atoms with Gasteiger partial charge in [-0.3, -0.25) is 0 Å². The molecule has 1 aromatic carbocycles. The summed E-state index contributed by atoms with van der Waals surface area (Å²) in [6.45, 7) is 2.00. The SMILES string of the molecule is COc1cc(C2CNC2)ccc1Nc1ncc(Cl)c(-c2cnn3ccccc23)n1. The number of nitrogens with zero attached hydrogens (tertiary/aromatic N) is 4. The number of nitrogens with one attached hydrogen (secondary N) is 2. The van der Waals surface area contributed by atoms with Gasteiger partial charge in [0.25, 0.3) is 0 Å². The topological polar surface area (TPSA) is 76.4 Å². The average Bonchev–Trinajstić information content (AvgIpc) is 3.13. The third-order valence-corrected chi connectivity index (χ3v) is 5.43. The molecule has 7 nitrogen and oxygen atoms in total. The number of aromatic nitrogens is 4. The molecule has 0 bridgehead atoms. The molecule has 3 aromatic heterocycles. The molecule has 1 aliphatic rings. The monoisotopic (exact) mass is 406 g/mol. The minimum absolute atomic E-state index is 0.441. The Balaban J connectivity index is 1.49. The molecule has 0 spiro atoms. The average molecular weight is 407 g/mol. The van der Waals surface area contributed by atoms with E-state index in [0.717, 1.165) is 35.6 Å². The predicted molar refractivity (Wildman–Crippen MR) is 113 cm³/mol. The molecular weight excluding hydrogens is 388 g/mol. The van der Waals surface area contributed by atoms with Gasteiger partial charge in [-0.1, -0.05) is 23.7 Å². The minimum atomic E-state index is 0.441. The number of halogens is 1. The number of benzene rings is 1. The number of hydrogen-bond acceptors (Lipinski definition) is 6. The summed E-state index contributed by atoms with van der Waals surface area (Å²) in [6, 6.07) is 12.0. The second-order valence-electron chi connectivity index (χ2n) is 6.92. The highest BCUT2D eigenvalue weighted by Gasteiger charge is 2.20. The molecule has 1 fully saturated rings. The Bertz CT molecular complexity index is 1190. The van der Waals surface area contributed by atoms with E-state index in [2.05, 4.69) is 37.8 Å². The first-order chi connectivity index (χ1) is 14.2. The third-order valence-electron chi connectivity index (χ3n) is 5.15. The third kappa shape index (κ3) is 3.28. The lowest BCUT2D eigenvalue weighted by Crippen LogP contribution is -2.39. The number of methoxy groups -OCH3 is 1. The standard InChI is InChI=1S/C21H19ClN6O/c1-29-19-8-13(14-9-23-10-14)5-6-17(19)26-21-24-12-16(22)20(27-21)15-11-25-28-7-3-2-4-18(15)28/h2-8,11-12,14,23H,9-10H2,1H3,(H,24,26,27). The van der Waals surface area contributed by atoms with E-state index in [1.165, 1.54) is 5.56 Å².